The first-order valence-electron chi connectivity index (χ1n) is 6.97. The van der Waals surface area contributed by atoms with Gasteiger partial charge in [0, 0.05) is 12.7 Å². The first-order chi connectivity index (χ1) is 9.78. The summed E-state index contributed by atoms with van der Waals surface area (Å²) in [5.41, 5.74) is 0.594. The van der Waals surface area contributed by atoms with Crippen molar-refractivity contribution in [2.45, 2.75) is 18.9 Å². The van der Waals surface area contributed by atoms with Crippen molar-refractivity contribution >= 4 is 5.91 Å². The van der Waals surface area contributed by atoms with E-state index in [2.05, 4.69) is 5.32 Å². The van der Waals surface area contributed by atoms with E-state index in [0.717, 1.165) is 12.8 Å². The summed E-state index contributed by atoms with van der Waals surface area (Å²) >= 11 is 0. The lowest BCUT2D eigenvalue weighted by Gasteiger charge is -2.20. The Balaban J connectivity index is 1.69. The second-order valence-electron chi connectivity index (χ2n) is 5.23. The van der Waals surface area contributed by atoms with Crippen molar-refractivity contribution in [1.82, 2.24) is 5.32 Å². The van der Waals surface area contributed by atoms with Gasteiger partial charge in [0.05, 0.1) is 12.6 Å². The third kappa shape index (κ3) is 2.88. The van der Waals surface area contributed by atoms with E-state index < -0.39 is 0 Å². The van der Waals surface area contributed by atoms with E-state index in [1.54, 1.807) is 25.3 Å². The standard InChI is InChI=1S/C15H19NO4/c1-18-9-12(10-2-3-10)16-15(17)11-4-5-13-14(8-11)20-7-6-19-13/h4-5,8,10,12H,2-3,6-7,9H2,1H3,(H,16,17)/t12-/m0/s1. The molecule has 0 radical (unpaired) electrons. The molecule has 1 aliphatic carbocycles. The van der Waals surface area contributed by atoms with Gasteiger partial charge in [-0.3, -0.25) is 4.79 Å². The maximum atomic E-state index is 12.3. The van der Waals surface area contributed by atoms with Crippen molar-refractivity contribution in [2.75, 3.05) is 26.9 Å². The zero-order valence-electron chi connectivity index (χ0n) is 11.6. The van der Waals surface area contributed by atoms with Gasteiger partial charge in [-0.1, -0.05) is 0 Å². The molecular formula is C15H19NO4. The zero-order valence-corrected chi connectivity index (χ0v) is 11.6. The highest BCUT2D eigenvalue weighted by molar-refractivity contribution is 5.95. The summed E-state index contributed by atoms with van der Waals surface area (Å²) in [5.74, 6) is 1.80. The lowest BCUT2D eigenvalue weighted by molar-refractivity contribution is 0.0883. The van der Waals surface area contributed by atoms with E-state index in [4.69, 9.17) is 14.2 Å². The first kappa shape index (κ1) is 13.2. The fourth-order valence-electron chi connectivity index (χ4n) is 2.41. The van der Waals surface area contributed by atoms with Crippen molar-refractivity contribution in [3.63, 3.8) is 0 Å². The highest BCUT2D eigenvalue weighted by atomic mass is 16.6. The molecule has 108 valence electrons. The van der Waals surface area contributed by atoms with Crippen LogP contribution in [-0.4, -0.2) is 38.9 Å². The summed E-state index contributed by atoms with van der Waals surface area (Å²) in [5, 5.41) is 3.04. The molecule has 0 unspecified atom stereocenters. The molecule has 1 amide bonds. The van der Waals surface area contributed by atoms with Crippen LogP contribution < -0.4 is 14.8 Å². The highest BCUT2D eigenvalue weighted by Gasteiger charge is 2.32. The molecule has 5 nitrogen and oxygen atoms in total. The van der Waals surface area contributed by atoms with E-state index in [0.29, 0.717) is 42.8 Å². The highest BCUT2D eigenvalue weighted by Crippen LogP contribution is 2.33. The third-order valence-electron chi connectivity index (χ3n) is 3.66. The van der Waals surface area contributed by atoms with Gasteiger partial charge in [0.1, 0.15) is 13.2 Å². The van der Waals surface area contributed by atoms with E-state index in [1.807, 2.05) is 0 Å². The fourth-order valence-corrected chi connectivity index (χ4v) is 2.41. The molecule has 0 bridgehead atoms. The number of nitrogens with one attached hydrogen (secondary N) is 1. The summed E-state index contributed by atoms with van der Waals surface area (Å²) in [7, 11) is 1.66. The van der Waals surface area contributed by atoms with Crippen molar-refractivity contribution in [2.24, 2.45) is 5.92 Å². The molecule has 1 fully saturated rings. The topological polar surface area (TPSA) is 56.8 Å². The number of fused-ring (bicyclic) bond motifs is 1. The Morgan fingerprint density at radius 3 is 2.80 bits per heavy atom. The number of ether oxygens (including phenoxy) is 3. The first-order valence-corrected chi connectivity index (χ1v) is 6.97. The molecule has 1 aromatic rings. The number of hydrogen-bond acceptors (Lipinski definition) is 4. The van der Waals surface area contributed by atoms with Crippen LogP contribution in [0.25, 0.3) is 0 Å². The summed E-state index contributed by atoms with van der Waals surface area (Å²) in [6.07, 6.45) is 2.32. The normalized spacial score (nSPS) is 18.4. The molecule has 20 heavy (non-hydrogen) atoms. The fraction of sp³-hybridized carbons (Fsp3) is 0.533. The SMILES string of the molecule is COC[C@H](NC(=O)c1ccc2c(c1)OCCO2)C1CC1. The Hall–Kier alpha value is -1.75. The molecule has 1 atom stereocenters. The Kier molecular flexibility index (Phi) is 3.78. The molecule has 0 saturated heterocycles. The van der Waals surface area contributed by atoms with E-state index >= 15 is 0 Å². The van der Waals surface area contributed by atoms with Gasteiger partial charge in [0.2, 0.25) is 0 Å². The van der Waals surface area contributed by atoms with Gasteiger partial charge >= 0.3 is 0 Å². The number of benzene rings is 1. The van der Waals surface area contributed by atoms with Gasteiger partial charge in [-0.2, -0.15) is 0 Å². The maximum absolute atomic E-state index is 12.3. The molecule has 1 N–H and O–H groups in total. The van der Waals surface area contributed by atoms with E-state index in [1.165, 1.54) is 0 Å². The lowest BCUT2D eigenvalue weighted by atomic mass is 10.1. The van der Waals surface area contributed by atoms with Gasteiger partial charge in [-0.15, -0.1) is 0 Å². The second-order valence-corrected chi connectivity index (χ2v) is 5.23. The van der Waals surface area contributed by atoms with Gasteiger partial charge in [0.15, 0.2) is 11.5 Å². The molecule has 0 spiro atoms. The maximum Gasteiger partial charge on any atom is 0.251 e. The minimum Gasteiger partial charge on any atom is -0.486 e. The summed E-state index contributed by atoms with van der Waals surface area (Å²) in [6.45, 7) is 1.63. The number of hydrogen-bond donors (Lipinski definition) is 1. The van der Waals surface area contributed by atoms with Crippen molar-refractivity contribution in [3.8, 4) is 11.5 Å². The van der Waals surface area contributed by atoms with Crippen LogP contribution in [0.15, 0.2) is 18.2 Å². The number of methoxy groups -OCH3 is 1. The average molecular weight is 277 g/mol. The summed E-state index contributed by atoms with van der Waals surface area (Å²) in [4.78, 5) is 12.3. The van der Waals surface area contributed by atoms with Crippen LogP contribution in [0.5, 0.6) is 11.5 Å². The second kappa shape index (κ2) is 5.71. The van der Waals surface area contributed by atoms with Gasteiger partial charge in [-0.25, -0.2) is 0 Å². The molecule has 3 rings (SSSR count). The van der Waals surface area contributed by atoms with Crippen LogP contribution in [0.3, 0.4) is 0 Å². The van der Waals surface area contributed by atoms with Crippen LogP contribution in [-0.2, 0) is 4.74 Å². The molecule has 0 aromatic heterocycles. The molecule has 1 aromatic carbocycles. The van der Waals surface area contributed by atoms with Crippen molar-refractivity contribution in [3.05, 3.63) is 23.8 Å². The predicted octanol–water partition coefficient (Wildman–Crippen LogP) is 1.61. The lowest BCUT2D eigenvalue weighted by Crippen LogP contribution is -2.39. The average Bonchev–Trinajstić information content (AvgIpc) is 3.31. The van der Waals surface area contributed by atoms with Crippen LogP contribution in [0.4, 0.5) is 0 Å². The smallest absolute Gasteiger partial charge is 0.251 e. The number of carbonyl (C=O) groups is 1. The number of carbonyl (C=O) groups excluding carboxylic acids is 1. The molecule has 1 saturated carbocycles. The molecular weight excluding hydrogens is 258 g/mol. The minimum absolute atomic E-state index is 0.0871. The van der Waals surface area contributed by atoms with Crippen molar-refractivity contribution in [1.29, 1.82) is 0 Å². The Morgan fingerprint density at radius 1 is 1.35 bits per heavy atom. The molecule has 1 aliphatic heterocycles. The largest absolute Gasteiger partial charge is 0.486 e. The van der Waals surface area contributed by atoms with Crippen LogP contribution in [0, 0.1) is 5.92 Å². The quantitative estimate of drug-likeness (QED) is 0.888. The van der Waals surface area contributed by atoms with Gasteiger partial charge < -0.3 is 19.5 Å². The predicted molar refractivity (Wildman–Crippen MR) is 73.3 cm³/mol. The summed E-state index contributed by atoms with van der Waals surface area (Å²) in [6, 6.07) is 5.38. The van der Waals surface area contributed by atoms with E-state index in [9.17, 15) is 4.79 Å². The molecule has 1 heterocycles. The van der Waals surface area contributed by atoms with Crippen molar-refractivity contribution < 1.29 is 19.0 Å². The Morgan fingerprint density at radius 2 is 2.10 bits per heavy atom. The Labute approximate surface area is 118 Å². The molecule has 5 heteroatoms. The zero-order chi connectivity index (χ0) is 13.9. The van der Waals surface area contributed by atoms with Crippen LogP contribution >= 0.6 is 0 Å². The number of rotatable bonds is 5. The number of amides is 1. The third-order valence-corrected chi connectivity index (χ3v) is 3.66. The van der Waals surface area contributed by atoms with Gasteiger partial charge in [-0.05, 0) is 37.0 Å². The monoisotopic (exact) mass is 277 g/mol. The van der Waals surface area contributed by atoms with Crippen LogP contribution in [0.2, 0.25) is 0 Å². The molecule has 2 aliphatic rings. The van der Waals surface area contributed by atoms with Crippen LogP contribution in [0.1, 0.15) is 23.2 Å². The summed E-state index contributed by atoms with van der Waals surface area (Å²) < 4.78 is 16.1. The Bertz CT molecular complexity index is 499. The minimum atomic E-state index is -0.0871. The van der Waals surface area contributed by atoms with E-state index in [-0.39, 0.29) is 11.9 Å². The van der Waals surface area contributed by atoms with Gasteiger partial charge in [0.25, 0.3) is 5.91 Å².